The first-order valence-corrected chi connectivity index (χ1v) is 11.8. The summed E-state index contributed by atoms with van der Waals surface area (Å²) in [5.74, 6) is 0.106. The number of primary amides is 1. The van der Waals surface area contributed by atoms with Gasteiger partial charge in [-0.05, 0) is 80.1 Å². The fourth-order valence-corrected chi connectivity index (χ4v) is 4.75. The highest BCUT2D eigenvalue weighted by atomic mass is 16.3. The molecule has 180 valence electrons. The zero-order valence-corrected chi connectivity index (χ0v) is 19.7. The lowest BCUT2D eigenvalue weighted by Gasteiger charge is -2.23. The van der Waals surface area contributed by atoms with Crippen molar-refractivity contribution < 1.29 is 15.0 Å². The number of anilines is 1. The van der Waals surface area contributed by atoms with Crippen molar-refractivity contribution in [3.05, 3.63) is 53.7 Å². The Morgan fingerprint density at radius 1 is 1.18 bits per heavy atom. The maximum Gasteiger partial charge on any atom is 0.325 e. The average Bonchev–Trinajstić information content (AvgIpc) is 3.20. The van der Waals surface area contributed by atoms with E-state index in [1.165, 1.54) is 25.0 Å². The van der Waals surface area contributed by atoms with Gasteiger partial charge in [0.1, 0.15) is 17.3 Å². The third kappa shape index (κ3) is 4.72. The first-order valence-electron chi connectivity index (χ1n) is 11.8. The van der Waals surface area contributed by atoms with E-state index < -0.39 is 6.03 Å². The first kappa shape index (κ1) is 23.6. The number of aryl methyl sites for hydroxylation is 1. The van der Waals surface area contributed by atoms with Gasteiger partial charge in [0.15, 0.2) is 0 Å². The van der Waals surface area contributed by atoms with E-state index in [2.05, 4.69) is 16.1 Å². The Bertz CT molecular complexity index is 1210. The Kier molecular flexibility index (Phi) is 6.79. The van der Waals surface area contributed by atoms with Crippen LogP contribution in [-0.2, 0) is 6.54 Å². The zero-order valence-electron chi connectivity index (χ0n) is 19.7. The van der Waals surface area contributed by atoms with E-state index in [1.807, 2.05) is 32.0 Å². The number of rotatable bonds is 6. The van der Waals surface area contributed by atoms with Crippen LogP contribution < -0.4 is 16.0 Å². The number of fused-ring (bicyclic) bond motifs is 1. The number of amidine groups is 1. The van der Waals surface area contributed by atoms with Crippen LogP contribution in [-0.4, -0.2) is 39.7 Å². The van der Waals surface area contributed by atoms with Gasteiger partial charge in [0.05, 0.1) is 11.3 Å². The number of piperidine rings is 1. The lowest BCUT2D eigenvalue weighted by atomic mass is 9.95. The molecule has 0 bridgehead atoms. The van der Waals surface area contributed by atoms with Crippen LogP contribution in [0.4, 0.5) is 10.5 Å². The summed E-state index contributed by atoms with van der Waals surface area (Å²) in [7, 11) is 0. The topological polar surface area (TPSA) is 128 Å². The van der Waals surface area contributed by atoms with Gasteiger partial charge in [-0.1, -0.05) is 13.8 Å². The third-order valence-corrected chi connectivity index (χ3v) is 6.72. The minimum absolute atomic E-state index is 0.0323. The van der Waals surface area contributed by atoms with Gasteiger partial charge in [0.25, 0.3) is 0 Å². The molecule has 0 saturated carbocycles. The van der Waals surface area contributed by atoms with Gasteiger partial charge in [-0.15, -0.1) is 0 Å². The molecule has 1 aliphatic rings. The van der Waals surface area contributed by atoms with Crippen LogP contribution in [0.15, 0.2) is 42.6 Å². The standard InChI is InChI=1S/C26H33N5O3/c1-16(2)20-14-21(24(33)15-23(20)32)25(27)31(26(28)34)19-3-4-22-18(13-19)8-12-30(22)11-7-17-5-9-29-10-6-17/h3-4,8,12-17,27,29,32-33H,5-7,9-11H2,1-2H3,(H2,28,34). The molecule has 2 aromatic carbocycles. The molecule has 0 radical (unpaired) electrons. The monoisotopic (exact) mass is 463 g/mol. The van der Waals surface area contributed by atoms with Crippen LogP contribution >= 0.6 is 0 Å². The van der Waals surface area contributed by atoms with Crippen LogP contribution in [0.25, 0.3) is 10.9 Å². The Morgan fingerprint density at radius 2 is 1.91 bits per heavy atom. The SMILES string of the molecule is CC(C)c1cc(C(=N)N(C(N)=O)c2ccc3c(ccn3CCC3CCNCC3)c2)c(O)cc1O. The average molecular weight is 464 g/mol. The number of nitrogens with two attached hydrogens (primary N) is 1. The summed E-state index contributed by atoms with van der Waals surface area (Å²) in [6.07, 6.45) is 5.60. The molecule has 6 N–H and O–H groups in total. The van der Waals surface area contributed by atoms with Crippen molar-refractivity contribution in [1.29, 1.82) is 5.41 Å². The largest absolute Gasteiger partial charge is 0.508 e. The number of amides is 2. The van der Waals surface area contributed by atoms with Gasteiger partial charge < -0.3 is 25.8 Å². The van der Waals surface area contributed by atoms with E-state index in [1.54, 1.807) is 6.07 Å². The van der Waals surface area contributed by atoms with E-state index in [0.29, 0.717) is 11.3 Å². The number of benzene rings is 2. The second-order valence-electron chi connectivity index (χ2n) is 9.34. The second-order valence-corrected chi connectivity index (χ2v) is 9.34. The normalized spacial score (nSPS) is 14.6. The van der Waals surface area contributed by atoms with Crippen molar-refractivity contribution in [2.45, 2.75) is 45.6 Å². The minimum Gasteiger partial charge on any atom is -0.508 e. The zero-order chi connectivity index (χ0) is 24.4. The molecule has 2 amide bonds. The first-order chi connectivity index (χ1) is 16.3. The molecule has 0 atom stereocenters. The molecule has 8 heteroatoms. The van der Waals surface area contributed by atoms with Gasteiger partial charge >= 0.3 is 6.03 Å². The summed E-state index contributed by atoms with van der Waals surface area (Å²) in [5, 5.41) is 33.6. The van der Waals surface area contributed by atoms with Crippen LogP contribution in [0.2, 0.25) is 0 Å². The summed E-state index contributed by atoms with van der Waals surface area (Å²) in [4.78, 5) is 13.5. The van der Waals surface area contributed by atoms with Gasteiger partial charge in [-0.25, -0.2) is 9.69 Å². The van der Waals surface area contributed by atoms with Crippen LogP contribution in [0.5, 0.6) is 11.5 Å². The van der Waals surface area contributed by atoms with Gasteiger partial charge in [0, 0.05) is 29.7 Å². The molecule has 8 nitrogen and oxygen atoms in total. The Hall–Kier alpha value is -3.52. The third-order valence-electron chi connectivity index (χ3n) is 6.72. The van der Waals surface area contributed by atoms with Gasteiger partial charge in [0.2, 0.25) is 0 Å². The number of urea groups is 1. The van der Waals surface area contributed by atoms with E-state index >= 15 is 0 Å². The van der Waals surface area contributed by atoms with Crippen molar-refractivity contribution in [2.24, 2.45) is 11.7 Å². The molecule has 1 saturated heterocycles. The molecule has 1 aromatic heterocycles. The van der Waals surface area contributed by atoms with Crippen LogP contribution in [0.3, 0.4) is 0 Å². The molecule has 34 heavy (non-hydrogen) atoms. The summed E-state index contributed by atoms with van der Waals surface area (Å²) < 4.78 is 2.22. The molecule has 0 unspecified atom stereocenters. The summed E-state index contributed by atoms with van der Waals surface area (Å²) in [6.45, 7) is 6.90. The number of carbonyl (C=O) groups is 1. The van der Waals surface area contributed by atoms with E-state index in [9.17, 15) is 15.0 Å². The Morgan fingerprint density at radius 3 is 2.59 bits per heavy atom. The quantitative estimate of drug-likeness (QED) is 0.273. The van der Waals surface area contributed by atoms with E-state index in [-0.39, 0.29) is 28.8 Å². The highest BCUT2D eigenvalue weighted by Gasteiger charge is 2.24. The van der Waals surface area contributed by atoms with Crippen LogP contribution in [0.1, 0.15) is 50.2 Å². The summed E-state index contributed by atoms with van der Waals surface area (Å²) in [5.41, 5.74) is 7.87. The number of aromatic nitrogens is 1. The number of carbonyl (C=O) groups excluding carboxylic acids is 1. The molecule has 4 rings (SSSR count). The predicted molar refractivity (Wildman–Crippen MR) is 135 cm³/mol. The molecular formula is C26H33N5O3. The lowest BCUT2D eigenvalue weighted by molar-refractivity contribution is 0.256. The molecular weight excluding hydrogens is 430 g/mol. The van der Waals surface area contributed by atoms with Gasteiger partial charge in [-0.3, -0.25) is 5.41 Å². The van der Waals surface area contributed by atoms with E-state index in [0.717, 1.165) is 47.8 Å². The number of hydrogen-bond acceptors (Lipinski definition) is 5. The Labute approximate surface area is 199 Å². The molecule has 3 aromatic rings. The number of nitrogens with one attached hydrogen (secondary N) is 2. The lowest BCUT2D eigenvalue weighted by Crippen LogP contribution is -2.41. The number of hydrogen-bond donors (Lipinski definition) is 5. The van der Waals surface area contributed by atoms with Crippen molar-refractivity contribution in [3.63, 3.8) is 0 Å². The fraction of sp³-hybridized carbons (Fsp3) is 0.385. The number of phenols is 2. The fourth-order valence-electron chi connectivity index (χ4n) is 4.75. The highest BCUT2D eigenvalue weighted by molar-refractivity contribution is 6.22. The van der Waals surface area contributed by atoms with Crippen molar-refractivity contribution in [3.8, 4) is 11.5 Å². The van der Waals surface area contributed by atoms with Gasteiger partial charge in [-0.2, -0.15) is 0 Å². The van der Waals surface area contributed by atoms with Crippen LogP contribution in [0, 0.1) is 11.3 Å². The number of phenolic OH excluding ortho intramolecular Hbond substituents is 2. The number of nitrogens with zero attached hydrogens (tertiary/aromatic N) is 2. The molecule has 1 aliphatic heterocycles. The Balaban J connectivity index is 1.61. The molecule has 0 spiro atoms. The van der Waals surface area contributed by atoms with E-state index in [4.69, 9.17) is 11.1 Å². The second kappa shape index (κ2) is 9.77. The summed E-state index contributed by atoms with van der Waals surface area (Å²) >= 11 is 0. The van der Waals surface area contributed by atoms with Crippen molar-refractivity contribution >= 4 is 28.5 Å². The molecule has 2 heterocycles. The minimum atomic E-state index is -0.826. The maximum absolute atomic E-state index is 12.4. The molecule has 0 aliphatic carbocycles. The maximum atomic E-state index is 12.4. The van der Waals surface area contributed by atoms with Crippen molar-refractivity contribution in [2.75, 3.05) is 18.0 Å². The summed E-state index contributed by atoms with van der Waals surface area (Å²) in [6, 6.07) is 9.44. The molecule has 1 fully saturated rings. The predicted octanol–water partition coefficient (Wildman–Crippen LogP) is 4.48. The highest BCUT2D eigenvalue weighted by Crippen LogP contribution is 2.34. The van der Waals surface area contributed by atoms with Crippen molar-refractivity contribution in [1.82, 2.24) is 9.88 Å². The smallest absolute Gasteiger partial charge is 0.325 e. The number of aromatic hydroxyl groups is 2.